The number of aryl methyl sites for hydroxylation is 2. The number of nitrogens with zero attached hydrogens (tertiary/aromatic N) is 2. The van der Waals surface area contributed by atoms with Crippen molar-refractivity contribution in [2.45, 2.75) is 57.3 Å². The molecule has 2 fully saturated rings. The average molecular weight is 495 g/mol. The van der Waals surface area contributed by atoms with Crippen molar-refractivity contribution in [2.24, 2.45) is 11.8 Å². The van der Waals surface area contributed by atoms with Crippen molar-refractivity contribution in [1.29, 1.82) is 0 Å². The van der Waals surface area contributed by atoms with Gasteiger partial charge in [-0.3, -0.25) is 14.4 Å². The van der Waals surface area contributed by atoms with Gasteiger partial charge in [-0.25, -0.2) is 0 Å². The highest BCUT2D eigenvalue weighted by atomic mass is 16.6. The zero-order valence-electron chi connectivity index (χ0n) is 21.1. The molecule has 1 aromatic carbocycles. The van der Waals surface area contributed by atoms with Crippen LogP contribution < -0.4 is 4.90 Å². The lowest BCUT2D eigenvalue weighted by Gasteiger charge is -2.37. The Hall–Kier alpha value is -2.97. The molecule has 5 atom stereocenters. The van der Waals surface area contributed by atoms with E-state index in [4.69, 9.17) is 9.47 Å². The van der Waals surface area contributed by atoms with E-state index in [1.165, 1.54) is 0 Å². The van der Waals surface area contributed by atoms with E-state index in [1.54, 1.807) is 28.9 Å². The molecular weight excluding hydrogens is 460 g/mol. The van der Waals surface area contributed by atoms with E-state index in [-0.39, 0.29) is 25.0 Å². The van der Waals surface area contributed by atoms with Gasteiger partial charge >= 0.3 is 5.97 Å². The molecule has 0 radical (unpaired) electrons. The van der Waals surface area contributed by atoms with Crippen molar-refractivity contribution in [3.63, 3.8) is 0 Å². The molecule has 192 valence electrons. The van der Waals surface area contributed by atoms with Crippen molar-refractivity contribution in [2.75, 3.05) is 31.2 Å². The first kappa shape index (κ1) is 24.7. The second-order valence-corrected chi connectivity index (χ2v) is 10.5. The van der Waals surface area contributed by atoms with Gasteiger partial charge in [0.15, 0.2) is 0 Å². The molecule has 1 N–H and O–H groups in total. The number of fused-ring (bicyclic) bond motifs is 2. The molecular formula is C28H34N2O6. The van der Waals surface area contributed by atoms with Gasteiger partial charge in [0, 0.05) is 25.4 Å². The maximum atomic E-state index is 14.4. The van der Waals surface area contributed by atoms with E-state index in [9.17, 15) is 19.5 Å². The number of likely N-dealkylation sites (tertiary alicyclic amines) is 1. The zero-order chi connectivity index (χ0) is 25.7. The highest BCUT2D eigenvalue weighted by Crippen LogP contribution is 2.57. The Morgan fingerprint density at radius 3 is 2.61 bits per heavy atom. The van der Waals surface area contributed by atoms with Gasteiger partial charge < -0.3 is 24.4 Å². The third-order valence-corrected chi connectivity index (χ3v) is 8.03. The van der Waals surface area contributed by atoms with Gasteiger partial charge in [-0.2, -0.15) is 0 Å². The number of rotatable bonds is 6. The van der Waals surface area contributed by atoms with Crippen LogP contribution in [-0.4, -0.2) is 71.3 Å². The van der Waals surface area contributed by atoms with E-state index in [2.05, 4.69) is 0 Å². The molecule has 0 bridgehead atoms. The lowest BCUT2D eigenvalue weighted by molar-refractivity contribution is -0.156. The number of hydrogen-bond acceptors (Lipinski definition) is 6. The number of esters is 1. The Morgan fingerprint density at radius 1 is 1.03 bits per heavy atom. The minimum atomic E-state index is -1.28. The second kappa shape index (κ2) is 9.16. The minimum absolute atomic E-state index is 0.0771. The van der Waals surface area contributed by atoms with E-state index >= 15 is 0 Å². The normalized spacial score (nSPS) is 33.2. The summed E-state index contributed by atoms with van der Waals surface area (Å²) in [6.45, 7) is 6.64. The van der Waals surface area contributed by atoms with Crippen LogP contribution in [0.25, 0.3) is 0 Å². The summed E-state index contributed by atoms with van der Waals surface area (Å²) in [5.74, 6) is -2.66. The molecule has 2 saturated heterocycles. The topological polar surface area (TPSA) is 96.4 Å². The van der Waals surface area contributed by atoms with Crippen LogP contribution in [0.2, 0.25) is 0 Å². The van der Waals surface area contributed by atoms with Gasteiger partial charge in [-0.1, -0.05) is 30.4 Å². The van der Waals surface area contributed by atoms with Crippen molar-refractivity contribution in [3.05, 3.63) is 53.6 Å². The quantitative estimate of drug-likeness (QED) is 0.371. The lowest BCUT2D eigenvalue weighted by Crippen LogP contribution is -2.56. The average Bonchev–Trinajstić information content (AvgIpc) is 3.09. The molecule has 4 aliphatic heterocycles. The standard InChI is InChI=1S/C28H34N2O6/c1-18-9-10-19(2)20(17-18)29-14-7-12-28-21(22-26(34)35-16-8-11-27(22,3)36-28)24(32)30(23(28)25(29)33)13-5-4-6-15-31/h7-12,17,21-23,31H,4-6,13-16H2,1-3H3/t21-,22-,23?,27+,28-/m0/s1. The largest absolute Gasteiger partial charge is 0.461 e. The SMILES string of the molecule is Cc1ccc(C)c(N2CC=C[C@]34O[C@]5(C)C=CCOC(=O)[C@@H]5[C@H]3C(=O)N(CCCCCO)C4C2=O)c1. The highest BCUT2D eigenvalue weighted by molar-refractivity contribution is 6.06. The Balaban J connectivity index is 1.61. The van der Waals surface area contributed by atoms with Crippen LogP contribution in [0.4, 0.5) is 5.69 Å². The fourth-order valence-corrected chi connectivity index (χ4v) is 6.39. The molecule has 0 aromatic heterocycles. The first-order valence-electron chi connectivity index (χ1n) is 12.8. The lowest BCUT2D eigenvalue weighted by atomic mass is 9.75. The van der Waals surface area contributed by atoms with Crippen molar-refractivity contribution in [1.82, 2.24) is 4.90 Å². The molecule has 5 rings (SSSR count). The zero-order valence-corrected chi connectivity index (χ0v) is 21.1. The summed E-state index contributed by atoms with van der Waals surface area (Å²) in [7, 11) is 0. The number of amides is 2. The number of benzene rings is 1. The smallest absolute Gasteiger partial charge is 0.313 e. The van der Waals surface area contributed by atoms with E-state index in [0.29, 0.717) is 25.9 Å². The van der Waals surface area contributed by atoms with Gasteiger partial charge in [0.25, 0.3) is 5.91 Å². The fraction of sp³-hybridized carbons (Fsp3) is 0.536. The first-order chi connectivity index (χ1) is 17.2. The Kier molecular flexibility index (Phi) is 6.29. The Bertz CT molecular complexity index is 1140. The summed E-state index contributed by atoms with van der Waals surface area (Å²) < 4.78 is 12.1. The maximum Gasteiger partial charge on any atom is 0.313 e. The maximum absolute atomic E-state index is 14.4. The number of aliphatic hydroxyl groups excluding tert-OH is 1. The summed E-state index contributed by atoms with van der Waals surface area (Å²) >= 11 is 0. The molecule has 4 aliphatic rings. The summed E-state index contributed by atoms with van der Waals surface area (Å²) in [4.78, 5) is 44.9. The third kappa shape index (κ3) is 3.69. The third-order valence-electron chi connectivity index (χ3n) is 8.03. The van der Waals surface area contributed by atoms with Crippen LogP contribution in [-0.2, 0) is 23.9 Å². The molecule has 1 unspecified atom stereocenters. The van der Waals surface area contributed by atoms with Gasteiger partial charge in [-0.05, 0) is 63.3 Å². The molecule has 1 aromatic rings. The molecule has 0 aliphatic carbocycles. The number of carbonyl (C=O) groups is 3. The molecule has 8 nitrogen and oxygen atoms in total. The van der Waals surface area contributed by atoms with Crippen molar-refractivity contribution < 1.29 is 29.0 Å². The molecule has 8 heteroatoms. The number of unbranched alkanes of at least 4 members (excludes halogenated alkanes) is 2. The summed E-state index contributed by atoms with van der Waals surface area (Å²) in [5, 5.41) is 9.20. The fourth-order valence-electron chi connectivity index (χ4n) is 6.39. The summed E-state index contributed by atoms with van der Waals surface area (Å²) in [6, 6.07) is 5.07. The Morgan fingerprint density at radius 2 is 1.83 bits per heavy atom. The number of aliphatic hydroxyl groups is 1. The van der Waals surface area contributed by atoms with Crippen LogP contribution >= 0.6 is 0 Å². The minimum Gasteiger partial charge on any atom is -0.461 e. The molecule has 1 spiro atoms. The van der Waals surface area contributed by atoms with E-state index in [1.807, 2.05) is 44.2 Å². The number of ether oxygens (including phenoxy) is 2. The Labute approximate surface area is 211 Å². The van der Waals surface area contributed by atoms with Gasteiger partial charge in [0.2, 0.25) is 5.91 Å². The van der Waals surface area contributed by atoms with Gasteiger partial charge in [0.05, 0.1) is 11.5 Å². The van der Waals surface area contributed by atoms with Crippen molar-refractivity contribution >= 4 is 23.5 Å². The van der Waals surface area contributed by atoms with Crippen LogP contribution in [0, 0.1) is 25.7 Å². The van der Waals surface area contributed by atoms with Crippen LogP contribution in [0.15, 0.2) is 42.5 Å². The highest BCUT2D eigenvalue weighted by Gasteiger charge is 2.74. The van der Waals surface area contributed by atoms with Crippen LogP contribution in [0.5, 0.6) is 0 Å². The molecule has 36 heavy (non-hydrogen) atoms. The number of anilines is 1. The molecule has 2 amide bonds. The van der Waals surface area contributed by atoms with Crippen LogP contribution in [0.1, 0.15) is 37.3 Å². The second-order valence-electron chi connectivity index (χ2n) is 10.5. The molecule has 4 heterocycles. The predicted molar refractivity (Wildman–Crippen MR) is 133 cm³/mol. The van der Waals surface area contributed by atoms with Crippen LogP contribution in [0.3, 0.4) is 0 Å². The van der Waals surface area contributed by atoms with Gasteiger partial charge in [-0.15, -0.1) is 0 Å². The monoisotopic (exact) mass is 494 g/mol. The predicted octanol–water partition coefficient (Wildman–Crippen LogP) is 2.45. The first-order valence-corrected chi connectivity index (χ1v) is 12.8. The van der Waals surface area contributed by atoms with Gasteiger partial charge in [0.1, 0.15) is 24.2 Å². The number of carbonyl (C=O) groups excluding carboxylic acids is 3. The number of hydrogen-bond donors (Lipinski definition) is 1. The summed E-state index contributed by atoms with van der Waals surface area (Å²) in [5.41, 5.74) is 0.457. The van der Waals surface area contributed by atoms with E-state index < -0.39 is 35.0 Å². The number of cyclic esters (lactones) is 1. The van der Waals surface area contributed by atoms with E-state index in [0.717, 1.165) is 23.2 Å². The molecule has 0 saturated carbocycles. The van der Waals surface area contributed by atoms with Crippen molar-refractivity contribution in [3.8, 4) is 0 Å². The summed E-state index contributed by atoms with van der Waals surface area (Å²) in [6.07, 6.45) is 9.26.